The maximum absolute atomic E-state index is 2.46. The fraction of sp³-hybridized carbons (Fsp3) is 0.500. The number of allylic oxidation sites excluding steroid dienone is 2. The molecule has 0 aromatic heterocycles. The minimum absolute atomic E-state index is 0.909. The predicted octanol–water partition coefficient (Wildman–Crippen LogP) is 3.71. The highest BCUT2D eigenvalue weighted by atomic mass is 14.7. The van der Waals surface area contributed by atoms with Crippen molar-refractivity contribution >= 4 is 0 Å². The zero-order chi connectivity index (χ0) is 10.3. The lowest BCUT2D eigenvalue weighted by atomic mass is 9.68. The van der Waals surface area contributed by atoms with Gasteiger partial charge in [-0.3, -0.25) is 0 Å². The van der Waals surface area contributed by atoms with Crippen molar-refractivity contribution in [1.29, 1.82) is 0 Å². The van der Waals surface area contributed by atoms with Crippen molar-refractivity contribution in [1.82, 2.24) is 0 Å². The molecule has 0 aliphatic heterocycles. The summed E-state index contributed by atoms with van der Waals surface area (Å²) in [5.41, 5.74) is 3.44. The summed E-state index contributed by atoms with van der Waals surface area (Å²) in [7, 11) is 0. The van der Waals surface area contributed by atoms with Gasteiger partial charge in [0.25, 0.3) is 0 Å². The maximum atomic E-state index is 2.46. The van der Waals surface area contributed by atoms with Crippen LogP contribution in [0.3, 0.4) is 0 Å². The molecule has 0 heterocycles. The van der Waals surface area contributed by atoms with E-state index >= 15 is 0 Å². The van der Waals surface area contributed by atoms with Gasteiger partial charge in [0, 0.05) is 0 Å². The molecule has 0 amide bonds. The molecule has 6 rings (SSSR count). The first kappa shape index (κ1) is 8.11. The molecule has 0 spiro atoms. The van der Waals surface area contributed by atoms with E-state index in [0.29, 0.717) is 0 Å². The van der Waals surface area contributed by atoms with Gasteiger partial charge >= 0.3 is 0 Å². The number of benzene rings is 1. The summed E-state index contributed by atoms with van der Waals surface area (Å²) in [5, 5.41) is 0. The molecule has 5 aliphatic carbocycles. The Balaban J connectivity index is 1.76. The quantitative estimate of drug-likeness (QED) is 0.570. The molecule has 0 nitrogen and oxygen atoms in total. The van der Waals surface area contributed by atoms with Gasteiger partial charge in [0.05, 0.1) is 0 Å². The van der Waals surface area contributed by atoms with E-state index in [0.717, 1.165) is 35.5 Å². The van der Waals surface area contributed by atoms with Crippen molar-refractivity contribution < 1.29 is 0 Å². The lowest BCUT2D eigenvalue weighted by molar-refractivity contribution is 0.318. The fourth-order valence-corrected chi connectivity index (χ4v) is 5.37. The first-order valence-electron chi connectivity index (χ1n) is 6.70. The molecule has 5 aliphatic rings. The molecule has 4 unspecified atom stereocenters. The lowest BCUT2D eigenvalue weighted by Crippen LogP contribution is -2.25. The topological polar surface area (TPSA) is 0 Å². The van der Waals surface area contributed by atoms with E-state index in [1.54, 1.807) is 11.1 Å². The molecular formula is C16H16. The molecule has 16 heavy (non-hydrogen) atoms. The Kier molecular flexibility index (Phi) is 1.24. The van der Waals surface area contributed by atoms with Gasteiger partial charge in [-0.05, 0) is 59.5 Å². The van der Waals surface area contributed by atoms with Gasteiger partial charge in [0.15, 0.2) is 0 Å². The van der Waals surface area contributed by atoms with Gasteiger partial charge in [-0.1, -0.05) is 36.4 Å². The smallest absolute Gasteiger partial charge is 0.00905 e. The van der Waals surface area contributed by atoms with Gasteiger partial charge in [-0.25, -0.2) is 0 Å². The monoisotopic (exact) mass is 208 g/mol. The minimum Gasteiger partial charge on any atom is -0.0882 e. The standard InChI is InChI=1S/C16H16/c1-2-6-10-9(5-1)13-11-7-3-4-8-12(13)16-14(10)15(11)16/h1-6,11-16H,7-8H2. The highest BCUT2D eigenvalue weighted by molar-refractivity contribution is 5.49. The minimum atomic E-state index is 0.909. The molecule has 0 N–H and O–H groups in total. The zero-order valence-corrected chi connectivity index (χ0v) is 9.34. The van der Waals surface area contributed by atoms with E-state index < -0.39 is 0 Å². The first-order valence-corrected chi connectivity index (χ1v) is 6.70. The summed E-state index contributed by atoms with van der Waals surface area (Å²) in [6.07, 6.45) is 7.62. The van der Waals surface area contributed by atoms with Gasteiger partial charge in [0.1, 0.15) is 0 Å². The number of hydrogen-bond acceptors (Lipinski definition) is 0. The third-order valence-corrected chi connectivity index (χ3v) is 5.74. The second-order valence-electron chi connectivity index (χ2n) is 6.11. The van der Waals surface area contributed by atoms with Crippen molar-refractivity contribution in [3.05, 3.63) is 47.5 Å². The normalized spacial score (nSPS) is 49.8. The first-order chi connectivity index (χ1) is 7.97. The number of hydrogen-bond donors (Lipinski definition) is 0. The Hall–Kier alpha value is -1.04. The van der Waals surface area contributed by atoms with Gasteiger partial charge in [-0.2, -0.15) is 0 Å². The van der Waals surface area contributed by atoms with Crippen molar-refractivity contribution in [2.75, 3.05) is 0 Å². The zero-order valence-electron chi connectivity index (χ0n) is 9.34. The highest BCUT2D eigenvalue weighted by Gasteiger charge is 2.70. The molecule has 80 valence electrons. The van der Waals surface area contributed by atoms with Crippen LogP contribution in [0.15, 0.2) is 36.4 Å². The van der Waals surface area contributed by atoms with Crippen molar-refractivity contribution in [2.24, 2.45) is 23.7 Å². The molecule has 0 radical (unpaired) electrons. The number of rotatable bonds is 0. The second-order valence-corrected chi connectivity index (χ2v) is 6.11. The van der Waals surface area contributed by atoms with Crippen LogP contribution in [0.1, 0.15) is 35.8 Å². The fourth-order valence-electron chi connectivity index (χ4n) is 5.37. The van der Waals surface area contributed by atoms with E-state index in [1.807, 2.05) is 0 Å². The van der Waals surface area contributed by atoms with Crippen molar-refractivity contribution in [3.8, 4) is 0 Å². The summed E-state index contributed by atoms with van der Waals surface area (Å²) in [4.78, 5) is 0. The average molecular weight is 208 g/mol. The Morgan fingerprint density at radius 2 is 1.31 bits per heavy atom. The summed E-state index contributed by atoms with van der Waals surface area (Å²) in [6.45, 7) is 0. The van der Waals surface area contributed by atoms with Gasteiger partial charge < -0.3 is 0 Å². The third-order valence-electron chi connectivity index (χ3n) is 5.74. The van der Waals surface area contributed by atoms with Gasteiger partial charge in [0.2, 0.25) is 0 Å². The summed E-state index contributed by atoms with van der Waals surface area (Å²) in [5.74, 6) is 5.98. The molecule has 0 heteroatoms. The summed E-state index contributed by atoms with van der Waals surface area (Å²) in [6, 6.07) is 9.29. The van der Waals surface area contributed by atoms with E-state index in [1.165, 1.54) is 12.8 Å². The van der Waals surface area contributed by atoms with Crippen molar-refractivity contribution in [3.63, 3.8) is 0 Å². The molecule has 4 atom stereocenters. The van der Waals surface area contributed by atoms with Crippen LogP contribution in [-0.4, -0.2) is 0 Å². The van der Waals surface area contributed by atoms with Crippen LogP contribution in [0, 0.1) is 23.7 Å². The third kappa shape index (κ3) is 0.714. The van der Waals surface area contributed by atoms with Crippen LogP contribution < -0.4 is 0 Å². The summed E-state index contributed by atoms with van der Waals surface area (Å²) < 4.78 is 0. The molecule has 6 bridgehead atoms. The maximum Gasteiger partial charge on any atom is -0.00905 e. The van der Waals surface area contributed by atoms with Crippen molar-refractivity contribution in [2.45, 2.75) is 24.7 Å². The van der Waals surface area contributed by atoms with Crippen LogP contribution in [-0.2, 0) is 0 Å². The second kappa shape index (κ2) is 2.45. The Bertz CT molecular complexity index is 477. The Morgan fingerprint density at radius 3 is 1.94 bits per heavy atom. The largest absolute Gasteiger partial charge is 0.0882 e. The van der Waals surface area contributed by atoms with Crippen LogP contribution in [0.25, 0.3) is 0 Å². The van der Waals surface area contributed by atoms with Crippen LogP contribution in [0.5, 0.6) is 0 Å². The molecule has 2 fully saturated rings. The van der Waals surface area contributed by atoms with E-state index in [9.17, 15) is 0 Å². The van der Waals surface area contributed by atoms with E-state index in [2.05, 4.69) is 36.4 Å². The Labute approximate surface area is 96.4 Å². The highest BCUT2D eigenvalue weighted by Crippen LogP contribution is 2.78. The van der Waals surface area contributed by atoms with E-state index in [-0.39, 0.29) is 0 Å². The molecule has 1 aromatic rings. The van der Waals surface area contributed by atoms with Crippen LogP contribution >= 0.6 is 0 Å². The predicted molar refractivity (Wildman–Crippen MR) is 64.3 cm³/mol. The molecule has 1 aromatic carbocycles. The molecule has 0 saturated heterocycles. The van der Waals surface area contributed by atoms with Crippen LogP contribution in [0.4, 0.5) is 0 Å². The van der Waals surface area contributed by atoms with Gasteiger partial charge in [-0.15, -0.1) is 0 Å². The molecule has 2 saturated carbocycles. The molecular weight excluding hydrogens is 192 g/mol. The average Bonchev–Trinajstić information content (AvgIpc) is 2.99. The van der Waals surface area contributed by atoms with E-state index in [4.69, 9.17) is 0 Å². The Morgan fingerprint density at radius 1 is 0.750 bits per heavy atom. The SMILES string of the molecule is C1=CCC2C3c4ccccc4C4C(C3C1)C24. The van der Waals surface area contributed by atoms with Crippen LogP contribution in [0.2, 0.25) is 0 Å². The lowest BCUT2D eigenvalue weighted by Gasteiger charge is -2.36. The summed E-state index contributed by atoms with van der Waals surface area (Å²) >= 11 is 0.